The van der Waals surface area contributed by atoms with E-state index in [0.29, 0.717) is 17.5 Å². The van der Waals surface area contributed by atoms with Gasteiger partial charge in [0.15, 0.2) is 0 Å². The minimum absolute atomic E-state index is 0. The van der Waals surface area contributed by atoms with Crippen molar-refractivity contribution in [2.75, 3.05) is 7.11 Å². The smallest absolute Gasteiger partial charge is 2.00 e. The predicted molar refractivity (Wildman–Crippen MR) is 134 cm³/mol. The van der Waals surface area contributed by atoms with E-state index in [-0.39, 0.29) is 32.1 Å². The molecule has 3 rings (SSSR count). The van der Waals surface area contributed by atoms with Crippen molar-refractivity contribution < 1.29 is 59.1 Å². The topological polar surface area (TPSA) is 34.0 Å². The monoisotopic (exact) mass is 662 g/mol. The molecule has 1 unspecified atom stereocenters. The van der Waals surface area contributed by atoms with Gasteiger partial charge < -0.3 is 11.2 Å². The van der Waals surface area contributed by atoms with Crippen LogP contribution in [0.1, 0.15) is 39.5 Å². The maximum absolute atomic E-state index is 12.8. The van der Waals surface area contributed by atoms with Crippen LogP contribution in [-0.2, 0) is 25.2 Å². The molecule has 1 fully saturated rings. The SMILES string of the molecule is CC(=Nc1ccc(F)cc1)C(C)=Nc1ccc(F)cc1.COC1[CH-]CC[CH][CH]CC1.F[P-](F)(F)(F)(F)F.[Pd+2]. The molecule has 38 heavy (non-hydrogen) atoms. The third kappa shape index (κ3) is 21.2. The summed E-state index contributed by atoms with van der Waals surface area (Å²) in [5.74, 6) is -0.586. The summed E-state index contributed by atoms with van der Waals surface area (Å²) in [5.41, 5.74) is 2.77. The quantitative estimate of drug-likeness (QED) is 0.105. The molecule has 0 amide bonds. The number of hydrogen-bond donors (Lipinski definition) is 0. The first-order valence-corrected chi connectivity index (χ1v) is 13.2. The average molecular weight is 663 g/mol. The van der Waals surface area contributed by atoms with Crippen LogP contribution < -0.4 is 0 Å². The summed E-state index contributed by atoms with van der Waals surface area (Å²) in [6.45, 7) is 3.65. The molecule has 13 heteroatoms. The van der Waals surface area contributed by atoms with Crippen molar-refractivity contribution in [3.63, 3.8) is 0 Å². The second kappa shape index (κ2) is 15.2. The van der Waals surface area contributed by atoms with Gasteiger partial charge in [0.2, 0.25) is 0 Å². The van der Waals surface area contributed by atoms with Crippen LogP contribution in [-0.4, -0.2) is 24.6 Å². The van der Waals surface area contributed by atoms with E-state index in [0.717, 1.165) is 30.7 Å². The molecule has 0 aliphatic heterocycles. The van der Waals surface area contributed by atoms with Crippen molar-refractivity contribution in [2.45, 2.75) is 45.6 Å². The Hall–Kier alpha value is -1.73. The first kappa shape index (κ1) is 36.3. The zero-order valence-corrected chi connectivity index (χ0v) is 23.3. The van der Waals surface area contributed by atoms with Crippen LogP contribution in [0.3, 0.4) is 0 Å². The summed E-state index contributed by atoms with van der Waals surface area (Å²) in [7, 11) is -8.87. The van der Waals surface area contributed by atoms with E-state index in [1.807, 2.05) is 13.8 Å². The number of aliphatic imine (C=N–C) groups is 2. The molecular weight excluding hydrogens is 634 g/mol. The standard InChI is InChI=1S/C16H14F2N2.C9H15O.F6P.Pd/c1-11(19-15-7-3-13(17)4-8-15)12(2)20-16-9-5-14(18)6-10-16;1-10-9-7-5-3-2-4-6-8-9;1-7(2,3,4,5)6;/h3-10H,1-2H3;2-3,8-9H,4-7H2,1H3;;/q;2*-1;+2. The summed E-state index contributed by atoms with van der Waals surface area (Å²) >= 11 is 0. The van der Waals surface area contributed by atoms with Crippen LogP contribution in [0.4, 0.5) is 45.3 Å². The molecule has 3 nitrogen and oxygen atoms in total. The molecule has 0 saturated heterocycles. The number of nitrogens with zero attached hydrogens (tertiary/aromatic N) is 2. The number of halogens is 8. The Balaban J connectivity index is 0.000000635. The predicted octanol–water partition coefficient (Wildman–Crippen LogP) is 10.4. The Morgan fingerprint density at radius 3 is 1.50 bits per heavy atom. The van der Waals surface area contributed by atoms with Crippen molar-refractivity contribution >= 4 is 30.6 Å². The second-order valence-electron chi connectivity index (χ2n) is 7.94. The Morgan fingerprint density at radius 2 is 1.13 bits per heavy atom. The van der Waals surface area contributed by atoms with Crippen LogP contribution >= 0.6 is 7.81 Å². The van der Waals surface area contributed by atoms with Crippen LogP contribution in [0.15, 0.2) is 58.5 Å². The van der Waals surface area contributed by atoms with E-state index >= 15 is 0 Å². The van der Waals surface area contributed by atoms with Crippen molar-refractivity contribution in [3.05, 3.63) is 79.4 Å². The van der Waals surface area contributed by atoms with Crippen LogP contribution in [0.2, 0.25) is 0 Å². The summed E-state index contributed by atoms with van der Waals surface area (Å²) in [4.78, 5) is 8.72. The molecule has 1 aliphatic carbocycles. The molecule has 2 aromatic rings. The van der Waals surface area contributed by atoms with Gasteiger partial charge in [0, 0.05) is 7.11 Å². The molecule has 1 atom stereocenters. The fourth-order valence-electron chi connectivity index (χ4n) is 2.79. The molecular formula is C25H29F8N2OPPd. The maximum Gasteiger partial charge on any atom is 2.00 e. The van der Waals surface area contributed by atoms with Crippen LogP contribution in [0.5, 0.6) is 0 Å². The molecule has 0 spiro atoms. The molecule has 216 valence electrons. The van der Waals surface area contributed by atoms with Gasteiger partial charge in [-0.25, -0.2) is 8.78 Å². The summed E-state index contributed by atoms with van der Waals surface area (Å²) < 4.78 is 90.0. The molecule has 0 aromatic heterocycles. The Kier molecular flexibility index (Phi) is 14.5. The number of hydrogen-bond acceptors (Lipinski definition) is 3. The minimum atomic E-state index is -10.7. The van der Waals surface area contributed by atoms with E-state index < -0.39 is 7.81 Å². The van der Waals surface area contributed by atoms with Crippen molar-refractivity contribution in [1.82, 2.24) is 0 Å². The van der Waals surface area contributed by atoms with E-state index in [9.17, 15) is 34.0 Å². The summed E-state index contributed by atoms with van der Waals surface area (Å²) in [6, 6.07) is 11.8. The molecule has 0 N–H and O–H groups in total. The Labute approximate surface area is 231 Å². The maximum atomic E-state index is 12.8. The van der Waals surface area contributed by atoms with Gasteiger partial charge in [0.25, 0.3) is 0 Å². The molecule has 2 radical (unpaired) electrons. The molecule has 0 bridgehead atoms. The van der Waals surface area contributed by atoms with E-state index in [1.54, 1.807) is 31.4 Å². The third-order valence-electron chi connectivity index (χ3n) is 4.62. The van der Waals surface area contributed by atoms with Crippen LogP contribution in [0, 0.1) is 30.9 Å². The van der Waals surface area contributed by atoms with Gasteiger partial charge in [-0.2, -0.15) is 6.42 Å². The van der Waals surface area contributed by atoms with Crippen LogP contribution in [0.25, 0.3) is 0 Å². The molecule has 1 saturated carbocycles. The van der Waals surface area contributed by atoms with Crippen molar-refractivity contribution in [2.24, 2.45) is 9.98 Å². The Morgan fingerprint density at radius 1 is 0.763 bits per heavy atom. The second-order valence-corrected chi connectivity index (χ2v) is 9.86. The number of methoxy groups -OCH3 is 1. The molecule has 1 aliphatic rings. The zero-order valence-electron chi connectivity index (χ0n) is 20.8. The largest absolute Gasteiger partial charge is 2.00 e. The number of rotatable bonds is 4. The van der Waals surface area contributed by atoms with Gasteiger partial charge in [-0.15, -0.1) is 0 Å². The number of benzene rings is 2. The summed E-state index contributed by atoms with van der Waals surface area (Å²) in [5, 5.41) is 0. The van der Waals surface area contributed by atoms with Gasteiger partial charge in [-0.3, -0.25) is 9.98 Å². The van der Waals surface area contributed by atoms with Gasteiger partial charge in [-0.1, -0.05) is 25.4 Å². The Bertz CT molecular complexity index is 950. The zero-order chi connectivity index (χ0) is 28.2. The van der Waals surface area contributed by atoms with Gasteiger partial charge in [-0.05, 0) is 75.2 Å². The van der Waals surface area contributed by atoms with Crippen molar-refractivity contribution in [1.29, 1.82) is 0 Å². The third-order valence-corrected chi connectivity index (χ3v) is 4.62. The first-order valence-electron chi connectivity index (χ1n) is 11.1. The normalized spacial score (nSPS) is 18.6. The molecule has 0 heterocycles. The van der Waals surface area contributed by atoms with Gasteiger partial charge in [0.05, 0.1) is 22.8 Å². The average Bonchev–Trinajstić information content (AvgIpc) is 2.75. The minimum Gasteiger partial charge on any atom is 2.00 e. The molecule has 2 aromatic carbocycles. The van der Waals surface area contributed by atoms with Crippen molar-refractivity contribution in [3.8, 4) is 0 Å². The first-order chi connectivity index (χ1) is 16.9. The summed E-state index contributed by atoms with van der Waals surface area (Å²) in [6.07, 6.45) is 11.8. The van der Waals surface area contributed by atoms with Gasteiger partial charge in [0.1, 0.15) is 11.6 Å². The van der Waals surface area contributed by atoms with E-state index in [1.165, 1.54) is 30.7 Å². The fourth-order valence-corrected chi connectivity index (χ4v) is 2.79. The fraction of sp³-hybridized carbons (Fsp3) is 0.320. The van der Waals surface area contributed by atoms with E-state index in [2.05, 4.69) is 29.2 Å². The van der Waals surface area contributed by atoms with Gasteiger partial charge >= 0.3 is 53.4 Å². The van der Waals surface area contributed by atoms with E-state index in [4.69, 9.17) is 4.74 Å². The number of ether oxygens (including phenoxy) is 1.